The molecule has 0 saturated carbocycles. The van der Waals surface area contributed by atoms with Crippen LogP contribution in [0.25, 0.3) is 5.82 Å². The fraction of sp³-hybridized carbons (Fsp3) is 0.556. The van der Waals surface area contributed by atoms with E-state index < -0.39 is 0 Å². The number of hydrogen-bond acceptors (Lipinski definition) is 4. The highest BCUT2D eigenvalue weighted by Gasteiger charge is 2.23. The van der Waals surface area contributed by atoms with Crippen LogP contribution in [0.15, 0.2) is 30.7 Å². The van der Waals surface area contributed by atoms with Crippen LogP contribution in [0, 0.1) is 5.92 Å². The first-order valence-corrected chi connectivity index (χ1v) is 8.82. The molecule has 3 rings (SSSR count). The number of aryl methyl sites for hydroxylation is 1. The molecule has 0 radical (unpaired) electrons. The number of rotatable bonds is 6. The van der Waals surface area contributed by atoms with Crippen molar-refractivity contribution in [3.63, 3.8) is 0 Å². The van der Waals surface area contributed by atoms with Crippen LogP contribution in [-0.4, -0.2) is 64.0 Å². The van der Waals surface area contributed by atoms with Gasteiger partial charge in [0, 0.05) is 45.6 Å². The normalized spacial score (nSPS) is 18.6. The second-order valence-corrected chi connectivity index (χ2v) is 6.95. The average molecular weight is 345 g/mol. The van der Waals surface area contributed by atoms with Crippen LogP contribution in [0.4, 0.5) is 0 Å². The van der Waals surface area contributed by atoms with Crippen molar-refractivity contribution in [1.82, 2.24) is 24.6 Å². The molecule has 7 nitrogen and oxygen atoms in total. The molecule has 2 aromatic heterocycles. The van der Waals surface area contributed by atoms with E-state index in [0.717, 1.165) is 32.1 Å². The number of nitrogens with zero attached hydrogens (tertiary/aromatic N) is 4. The van der Waals surface area contributed by atoms with E-state index in [0.29, 0.717) is 18.0 Å². The van der Waals surface area contributed by atoms with Crippen LogP contribution in [0.1, 0.15) is 24.2 Å². The predicted octanol–water partition coefficient (Wildman–Crippen LogP) is 1.30. The highest BCUT2D eigenvalue weighted by atomic mass is 16.5. The number of aromatic nitrogens is 3. The summed E-state index contributed by atoms with van der Waals surface area (Å²) >= 11 is 0. The molecule has 1 aliphatic rings. The molecule has 3 heterocycles. The fourth-order valence-corrected chi connectivity index (χ4v) is 3.26. The molecule has 0 aliphatic carbocycles. The second kappa shape index (κ2) is 7.84. The smallest absolute Gasteiger partial charge is 0.256 e. The highest BCUT2D eigenvalue weighted by molar-refractivity contribution is 5.97. The van der Waals surface area contributed by atoms with Crippen molar-refractivity contribution in [3.8, 4) is 5.82 Å². The number of hydrogen-bond donors (Lipinski definition) is 1. The molecule has 0 aromatic carbocycles. The summed E-state index contributed by atoms with van der Waals surface area (Å²) in [5.74, 6) is 1.27. The summed E-state index contributed by atoms with van der Waals surface area (Å²) in [6.45, 7) is 8.55. The Morgan fingerprint density at radius 3 is 2.88 bits per heavy atom. The van der Waals surface area contributed by atoms with Gasteiger partial charge < -0.3 is 14.6 Å². The summed E-state index contributed by atoms with van der Waals surface area (Å²) < 4.78 is 9.40. The molecule has 1 N–H and O–H groups in total. The minimum Gasteiger partial charge on any atom is -0.374 e. The lowest BCUT2D eigenvalue weighted by molar-refractivity contribution is -0.0295. The Morgan fingerprint density at radius 2 is 2.16 bits per heavy atom. The largest absolute Gasteiger partial charge is 0.374 e. The summed E-state index contributed by atoms with van der Waals surface area (Å²) in [5.41, 5.74) is 0.563. The molecular formula is C18H27N5O2. The van der Waals surface area contributed by atoms with Crippen molar-refractivity contribution in [2.75, 3.05) is 32.8 Å². The van der Waals surface area contributed by atoms with E-state index in [2.05, 4.69) is 29.2 Å². The third kappa shape index (κ3) is 4.29. The lowest BCUT2D eigenvalue weighted by Gasteiger charge is -2.33. The third-order valence-electron chi connectivity index (χ3n) is 4.34. The van der Waals surface area contributed by atoms with Gasteiger partial charge in [-0.3, -0.25) is 14.4 Å². The van der Waals surface area contributed by atoms with Crippen molar-refractivity contribution in [1.29, 1.82) is 0 Å². The molecule has 1 atom stereocenters. The van der Waals surface area contributed by atoms with Gasteiger partial charge in [0.2, 0.25) is 0 Å². The number of amides is 1. The molecule has 1 aliphatic heterocycles. The first kappa shape index (κ1) is 17.7. The quantitative estimate of drug-likeness (QED) is 0.857. The molecule has 1 unspecified atom stereocenters. The zero-order valence-electron chi connectivity index (χ0n) is 15.2. The van der Waals surface area contributed by atoms with Crippen LogP contribution in [0.2, 0.25) is 0 Å². The van der Waals surface area contributed by atoms with E-state index in [1.165, 1.54) is 0 Å². The van der Waals surface area contributed by atoms with Crippen molar-refractivity contribution in [3.05, 3.63) is 36.3 Å². The summed E-state index contributed by atoms with van der Waals surface area (Å²) in [5, 5.41) is 7.23. The minimum atomic E-state index is -0.124. The van der Waals surface area contributed by atoms with Crippen LogP contribution < -0.4 is 5.32 Å². The number of ether oxygens (including phenoxy) is 1. The van der Waals surface area contributed by atoms with E-state index in [-0.39, 0.29) is 12.0 Å². The minimum absolute atomic E-state index is 0.0307. The first-order chi connectivity index (χ1) is 12.0. The Kier molecular flexibility index (Phi) is 5.55. The molecule has 136 valence electrons. The Hall–Kier alpha value is -2.12. The summed E-state index contributed by atoms with van der Waals surface area (Å²) in [7, 11) is 1.83. The Morgan fingerprint density at radius 1 is 1.40 bits per heavy atom. The molecule has 1 fully saturated rings. The first-order valence-electron chi connectivity index (χ1n) is 8.82. The van der Waals surface area contributed by atoms with E-state index in [1.54, 1.807) is 10.9 Å². The van der Waals surface area contributed by atoms with Gasteiger partial charge >= 0.3 is 0 Å². The van der Waals surface area contributed by atoms with Gasteiger partial charge in [0.1, 0.15) is 11.4 Å². The van der Waals surface area contributed by atoms with Gasteiger partial charge in [0.05, 0.1) is 18.9 Å². The van der Waals surface area contributed by atoms with E-state index in [4.69, 9.17) is 4.74 Å². The number of morpholine rings is 1. The Labute approximate surface area is 148 Å². The lowest BCUT2D eigenvalue weighted by Crippen LogP contribution is -2.48. The monoisotopic (exact) mass is 345 g/mol. The molecule has 2 aromatic rings. The van der Waals surface area contributed by atoms with Gasteiger partial charge in [-0.1, -0.05) is 13.8 Å². The maximum absolute atomic E-state index is 12.6. The van der Waals surface area contributed by atoms with Crippen molar-refractivity contribution in [2.45, 2.75) is 20.0 Å². The molecule has 1 saturated heterocycles. The van der Waals surface area contributed by atoms with E-state index in [1.807, 2.05) is 36.1 Å². The Balaban J connectivity index is 1.60. The second-order valence-electron chi connectivity index (χ2n) is 6.95. The Bertz CT molecular complexity index is 692. The number of carbonyl (C=O) groups is 1. The van der Waals surface area contributed by atoms with Gasteiger partial charge in [-0.05, 0) is 18.1 Å². The van der Waals surface area contributed by atoms with Crippen molar-refractivity contribution >= 4 is 5.91 Å². The van der Waals surface area contributed by atoms with Gasteiger partial charge in [0.15, 0.2) is 0 Å². The SMILES string of the molecule is CC(C)CN1CCOC(CNC(=O)c2cnn(C)c2-n2cccc2)C1. The van der Waals surface area contributed by atoms with Gasteiger partial charge in [-0.15, -0.1) is 0 Å². The van der Waals surface area contributed by atoms with Crippen LogP contribution >= 0.6 is 0 Å². The molecular weight excluding hydrogens is 318 g/mol. The lowest BCUT2D eigenvalue weighted by atomic mass is 10.2. The van der Waals surface area contributed by atoms with Gasteiger partial charge in [0.25, 0.3) is 5.91 Å². The highest BCUT2D eigenvalue weighted by Crippen LogP contribution is 2.14. The van der Waals surface area contributed by atoms with Crippen molar-refractivity contribution in [2.24, 2.45) is 13.0 Å². The third-order valence-corrected chi connectivity index (χ3v) is 4.34. The summed E-state index contributed by atoms with van der Waals surface area (Å²) in [6, 6.07) is 3.85. The topological polar surface area (TPSA) is 64.3 Å². The molecule has 25 heavy (non-hydrogen) atoms. The molecule has 0 bridgehead atoms. The maximum atomic E-state index is 12.6. The molecule has 7 heteroatoms. The van der Waals surface area contributed by atoms with E-state index >= 15 is 0 Å². The zero-order valence-corrected chi connectivity index (χ0v) is 15.2. The van der Waals surface area contributed by atoms with Crippen LogP contribution in [0.5, 0.6) is 0 Å². The number of nitrogens with one attached hydrogen (secondary N) is 1. The van der Waals surface area contributed by atoms with Gasteiger partial charge in [-0.25, -0.2) is 0 Å². The molecule has 0 spiro atoms. The number of carbonyl (C=O) groups excluding carboxylic acids is 1. The summed E-state index contributed by atoms with van der Waals surface area (Å²) in [4.78, 5) is 15.0. The predicted molar refractivity (Wildman–Crippen MR) is 95.9 cm³/mol. The standard InChI is InChI=1S/C18H27N5O2/c1-14(2)12-22-8-9-25-15(13-22)10-19-17(24)16-11-20-21(3)18(16)23-6-4-5-7-23/h4-7,11,14-15H,8-10,12-13H2,1-3H3,(H,19,24). The zero-order chi connectivity index (χ0) is 17.8. The molecule has 1 amide bonds. The maximum Gasteiger partial charge on any atom is 0.256 e. The summed E-state index contributed by atoms with van der Waals surface area (Å²) in [6.07, 6.45) is 5.45. The van der Waals surface area contributed by atoms with Crippen molar-refractivity contribution < 1.29 is 9.53 Å². The van der Waals surface area contributed by atoms with Gasteiger partial charge in [-0.2, -0.15) is 5.10 Å². The fourth-order valence-electron chi connectivity index (χ4n) is 3.26. The van der Waals surface area contributed by atoms with Crippen LogP contribution in [-0.2, 0) is 11.8 Å². The van der Waals surface area contributed by atoms with Crippen LogP contribution in [0.3, 0.4) is 0 Å². The average Bonchev–Trinajstić information content (AvgIpc) is 3.21. The van der Waals surface area contributed by atoms with E-state index in [9.17, 15) is 4.79 Å².